The van der Waals surface area contributed by atoms with Gasteiger partial charge in [0.15, 0.2) is 0 Å². The fourth-order valence-electron chi connectivity index (χ4n) is 1.80. The monoisotopic (exact) mass is 268 g/mol. The molecule has 0 radical (unpaired) electrons. The van der Waals surface area contributed by atoms with Crippen molar-refractivity contribution in [1.29, 1.82) is 0 Å². The summed E-state index contributed by atoms with van der Waals surface area (Å²) in [5, 5.41) is 9.30. The quantitative estimate of drug-likeness (QED) is 0.685. The van der Waals surface area contributed by atoms with Crippen molar-refractivity contribution < 1.29 is 0 Å². The van der Waals surface area contributed by atoms with E-state index < -0.39 is 0 Å². The van der Waals surface area contributed by atoms with Crippen molar-refractivity contribution in [2.24, 2.45) is 0 Å². The fraction of sp³-hybridized carbons (Fsp3) is 0.0714. The SMILES string of the molecule is CSc1ccc(-c2ccc(-n3ccnc3)cc2)nn1. The zero-order valence-electron chi connectivity index (χ0n) is 10.4. The highest BCUT2D eigenvalue weighted by Crippen LogP contribution is 2.20. The highest BCUT2D eigenvalue weighted by Gasteiger charge is 2.02. The third-order valence-corrected chi connectivity index (χ3v) is 3.45. The molecule has 5 heteroatoms. The van der Waals surface area contributed by atoms with Gasteiger partial charge in [0, 0.05) is 23.6 Å². The molecule has 4 nitrogen and oxygen atoms in total. The summed E-state index contributed by atoms with van der Waals surface area (Å²) in [6, 6.07) is 12.1. The summed E-state index contributed by atoms with van der Waals surface area (Å²) in [6.07, 6.45) is 7.45. The lowest BCUT2D eigenvalue weighted by atomic mass is 10.1. The highest BCUT2D eigenvalue weighted by atomic mass is 32.2. The molecule has 0 saturated carbocycles. The summed E-state index contributed by atoms with van der Waals surface area (Å²) in [6.45, 7) is 0. The van der Waals surface area contributed by atoms with Gasteiger partial charge in [0.05, 0.1) is 12.0 Å². The molecular weight excluding hydrogens is 256 g/mol. The maximum atomic E-state index is 4.22. The van der Waals surface area contributed by atoms with Crippen molar-refractivity contribution in [3.05, 3.63) is 55.1 Å². The third kappa shape index (κ3) is 2.51. The van der Waals surface area contributed by atoms with Gasteiger partial charge in [0.1, 0.15) is 5.03 Å². The van der Waals surface area contributed by atoms with Crippen molar-refractivity contribution in [2.75, 3.05) is 6.26 Å². The molecule has 1 aromatic carbocycles. The van der Waals surface area contributed by atoms with E-state index in [4.69, 9.17) is 0 Å². The Balaban J connectivity index is 1.89. The molecule has 0 spiro atoms. The van der Waals surface area contributed by atoms with E-state index in [1.807, 2.05) is 53.4 Å². The van der Waals surface area contributed by atoms with Crippen molar-refractivity contribution in [2.45, 2.75) is 5.03 Å². The van der Waals surface area contributed by atoms with E-state index in [1.54, 1.807) is 24.3 Å². The minimum Gasteiger partial charge on any atom is -0.306 e. The second-order valence-electron chi connectivity index (χ2n) is 3.98. The number of thioether (sulfide) groups is 1. The van der Waals surface area contributed by atoms with Crippen molar-refractivity contribution in [1.82, 2.24) is 19.7 Å². The molecule has 3 aromatic rings. The van der Waals surface area contributed by atoms with Crippen molar-refractivity contribution in [3.63, 3.8) is 0 Å². The van der Waals surface area contributed by atoms with Gasteiger partial charge in [-0.3, -0.25) is 0 Å². The largest absolute Gasteiger partial charge is 0.306 e. The molecule has 0 unspecified atom stereocenters. The first-order valence-electron chi connectivity index (χ1n) is 5.83. The average Bonchev–Trinajstić information content (AvgIpc) is 3.02. The molecule has 0 aliphatic rings. The van der Waals surface area contributed by atoms with Crippen LogP contribution in [0.3, 0.4) is 0 Å². The highest BCUT2D eigenvalue weighted by molar-refractivity contribution is 7.98. The summed E-state index contributed by atoms with van der Waals surface area (Å²) in [4.78, 5) is 4.04. The molecule has 19 heavy (non-hydrogen) atoms. The van der Waals surface area contributed by atoms with Crippen LogP contribution >= 0.6 is 11.8 Å². The van der Waals surface area contributed by atoms with Crippen LogP contribution < -0.4 is 0 Å². The maximum absolute atomic E-state index is 4.22. The van der Waals surface area contributed by atoms with Gasteiger partial charge in [-0.2, -0.15) is 0 Å². The third-order valence-electron chi connectivity index (χ3n) is 2.81. The maximum Gasteiger partial charge on any atom is 0.119 e. The summed E-state index contributed by atoms with van der Waals surface area (Å²) < 4.78 is 1.96. The first-order chi connectivity index (χ1) is 9.36. The van der Waals surface area contributed by atoms with Gasteiger partial charge in [-0.15, -0.1) is 22.0 Å². The van der Waals surface area contributed by atoms with Gasteiger partial charge in [-0.1, -0.05) is 12.1 Å². The zero-order chi connectivity index (χ0) is 13.1. The van der Waals surface area contributed by atoms with E-state index in [1.165, 1.54) is 0 Å². The first kappa shape index (κ1) is 11.9. The molecule has 0 aliphatic heterocycles. The number of hydrogen-bond donors (Lipinski definition) is 0. The Kier molecular flexibility index (Phi) is 3.29. The Morgan fingerprint density at radius 1 is 1.00 bits per heavy atom. The van der Waals surface area contributed by atoms with Crippen LogP contribution in [0, 0.1) is 0 Å². The smallest absolute Gasteiger partial charge is 0.119 e. The van der Waals surface area contributed by atoms with Crippen LogP contribution in [-0.2, 0) is 0 Å². The number of aromatic nitrogens is 4. The van der Waals surface area contributed by atoms with Gasteiger partial charge < -0.3 is 4.57 Å². The van der Waals surface area contributed by atoms with Crippen LogP contribution in [0.2, 0.25) is 0 Å². The Morgan fingerprint density at radius 3 is 2.42 bits per heavy atom. The van der Waals surface area contributed by atoms with Crippen LogP contribution in [0.15, 0.2) is 60.1 Å². The number of hydrogen-bond acceptors (Lipinski definition) is 4. The zero-order valence-corrected chi connectivity index (χ0v) is 11.2. The lowest BCUT2D eigenvalue weighted by molar-refractivity contribution is 0.937. The lowest BCUT2D eigenvalue weighted by Gasteiger charge is -2.04. The summed E-state index contributed by atoms with van der Waals surface area (Å²) in [5.41, 5.74) is 3.02. The van der Waals surface area contributed by atoms with E-state index in [0.29, 0.717) is 0 Å². The van der Waals surface area contributed by atoms with Crippen LogP contribution in [0.1, 0.15) is 0 Å². The minimum absolute atomic E-state index is 0.884. The van der Waals surface area contributed by atoms with E-state index in [0.717, 1.165) is 22.0 Å². The second-order valence-corrected chi connectivity index (χ2v) is 4.80. The molecule has 0 N–H and O–H groups in total. The lowest BCUT2D eigenvalue weighted by Crippen LogP contribution is -1.91. The van der Waals surface area contributed by atoms with Gasteiger partial charge in [0.25, 0.3) is 0 Å². The van der Waals surface area contributed by atoms with Crippen molar-refractivity contribution >= 4 is 11.8 Å². The van der Waals surface area contributed by atoms with Gasteiger partial charge >= 0.3 is 0 Å². The van der Waals surface area contributed by atoms with Crippen LogP contribution in [0.5, 0.6) is 0 Å². The Labute approximate surface area is 115 Å². The van der Waals surface area contributed by atoms with Gasteiger partial charge in [-0.25, -0.2) is 4.98 Å². The van der Waals surface area contributed by atoms with Gasteiger partial charge in [0.2, 0.25) is 0 Å². The van der Waals surface area contributed by atoms with Crippen molar-refractivity contribution in [3.8, 4) is 16.9 Å². The molecule has 0 amide bonds. The number of rotatable bonds is 3. The topological polar surface area (TPSA) is 43.6 Å². The van der Waals surface area contributed by atoms with E-state index >= 15 is 0 Å². The van der Waals surface area contributed by atoms with Gasteiger partial charge in [-0.05, 0) is 30.5 Å². The predicted molar refractivity (Wildman–Crippen MR) is 76.4 cm³/mol. The molecule has 2 aromatic heterocycles. The minimum atomic E-state index is 0.884. The number of nitrogens with zero attached hydrogens (tertiary/aromatic N) is 4. The number of benzene rings is 1. The van der Waals surface area contributed by atoms with Crippen LogP contribution in [-0.4, -0.2) is 26.0 Å². The molecule has 0 bridgehead atoms. The summed E-state index contributed by atoms with van der Waals surface area (Å²) in [7, 11) is 0. The van der Waals surface area contributed by atoms with E-state index in [-0.39, 0.29) is 0 Å². The first-order valence-corrected chi connectivity index (χ1v) is 7.06. The van der Waals surface area contributed by atoms with Crippen LogP contribution in [0.25, 0.3) is 16.9 Å². The second kappa shape index (κ2) is 5.24. The standard InChI is InChI=1S/C14H12N4S/c1-19-14-7-6-13(16-17-14)11-2-4-12(5-3-11)18-9-8-15-10-18/h2-10H,1H3. The molecule has 0 aliphatic carbocycles. The molecule has 94 valence electrons. The molecule has 0 fully saturated rings. The molecule has 2 heterocycles. The number of imidazole rings is 1. The fourth-order valence-corrected chi connectivity index (χ4v) is 2.13. The predicted octanol–water partition coefficient (Wildman–Crippen LogP) is 3.05. The average molecular weight is 268 g/mol. The summed E-state index contributed by atoms with van der Waals surface area (Å²) >= 11 is 1.59. The summed E-state index contributed by atoms with van der Waals surface area (Å²) in [5.74, 6) is 0. The molecule has 3 rings (SSSR count). The van der Waals surface area contributed by atoms with E-state index in [9.17, 15) is 0 Å². The molecule has 0 saturated heterocycles. The molecule has 0 atom stereocenters. The Bertz CT molecular complexity index is 645. The Morgan fingerprint density at radius 2 is 1.84 bits per heavy atom. The van der Waals surface area contributed by atoms with Crippen LogP contribution in [0.4, 0.5) is 0 Å². The Hall–Kier alpha value is -2.14. The van der Waals surface area contributed by atoms with E-state index in [2.05, 4.69) is 15.2 Å². The normalized spacial score (nSPS) is 10.6. The molecular formula is C14H12N4S.